The van der Waals surface area contributed by atoms with Crippen LogP contribution in [0.15, 0.2) is 72.8 Å². The van der Waals surface area contributed by atoms with E-state index in [-0.39, 0.29) is 43.4 Å². The molecule has 0 saturated carbocycles. The molecule has 0 radical (unpaired) electrons. The number of amides is 1. The largest absolute Gasteiger partial charge is 0.416 e. The van der Waals surface area contributed by atoms with E-state index in [4.69, 9.17) is 17.0 Å². The number of imidazole rings is 1. The maximum Gasteiger partial charge on any atom is 0.416 e. The van der Waals surface area contributed by atoms with E-state index in [1.54, 1.807) is 45.5 Å². The van der Waals surface area contributed by atoms with Crippen LogP contribution in [0.5, 0.6) is 0 Å². The van der Waals surface area contributed by atoms with Crippen LogP contribution < -0.4 is 5.62 Å². The zero-order valence-electron chi connectivity index (χ0n) is 19.9. The highest BCUT2D eigenvalue weighted by atomic mass is 35.5. The third-order valence-corrected chi connectivity index (χ3v) is 6.34. The molecule has 1 N–H and O–H groups in total. The number of halogens is 4. The Labute approximate surface area is 216 Å². The van der Waals surface area contributed by atoms with Gasteiger partial charge in [0, 0.05) is 37.1 Å². The Balaban J connectivity index is 1.50. The first-order valence-electron chi connectivity index (χ1n) is 11.5. The van der Waals surface area contributed by atoms with Gasteiger partial charge in [0.05, 0.1) is 23.1 Å². The van der Waals surface area contributed by atoms with Gasteiger partial charge in [-0.15, -0.1) is 0 Å². The number of para-hydroxylation sites is 2. The average molecular weight is 529 g/mol. The summed E-state index contributed by atoms with van der Waals surface area (Å²) in [6.45, 7) is 0.142. The molecule has 0 saturated heterocycles. The summed E-state index contributed by atoms with van der Waals surface area (Å²) in [6.07, 6.45) is -4.42. The molecule has 37 heavy (non-hydrogen) atoms. The minimum atomic E-state index is -4.46. The van der Waals surface area contributed by atoms with Gasteiger partial charge in [-0.05, 0) is 54.1 Å². The predicted molar refractivity (Wildman–Crippen MR) is 134 cm³/mol. The molecule has 0 fully saturated rings. The van der Waals surface area contributed by atoms with Crippen LogP contribution in [0.2, 0.25) is 5.02 Å². The van der Waals surface area contributed by atoms with Crippen LogP contribution in [0.25, 0.3) is 11.0 Å². The number of hydrogen-bond donors (Lipinski definition) is 1. The van der Waals surface area contributed by atoms with Crippen LogP contribution >= 0.6 is 11.6 Å². The van der Waals surface area contributed by atoms with E-state index < -0.39 is 11.7 Å². The second kappa shape index (κ2) is 10.6. The number of hydrogen-bond acceptors (Lipinski definition) is 3. The van der Waals surface area contributed by atoms with Gasteiger partial charge < -0.3 is 14.0 Å². The Morgan fingerprint density at radius 2 is 1.59 bits per heavy atom. The van der Waals surface area contributed by atoms with Crippen molar-refractivity contribution in [1.82, 2.24) is 14.0 Å². The van der Waals surface area contributed by atoms with Gasteiger partial charge in [0.15, 0.2) is 5.78 Å². The number of alkyl halides is 3. The van der Waals surface area contributed by atoms with E-state index in [1.165, 1.54) is 18.0 Å². The van der Waals surface area contributed by atoms with Gasteiger partial charge in [0.1, 0.15) is 0 Å². The van der Waals surface area contributed by atoms with Gasteiger partial charge in [-0.1, -0.05) is 35.9 Å². The number of ketones is 1. The van der Waals surface area contributed by atoms with Gasteiger partial charge in [0.2, 0.25) is 11.5 Å². The summed E-state index contributed by atoms with van der Waals surface area (Å²) < 4.78 is 42.2. The van der Waals surface area contributed by atoms with Gasteiger partial charge in [-0.3, -0.25) is 15.0 Å². The molecule has 1 amide bonds. The van der Waals surface area contributed by atoms with Gasteiger partial charge in [-0.2, -0.15) is 13.2 Å². The number of Topliss-reactive ketones (excluding diaryl/α,β-unsaturated/α-hetero) is 1. The molecular weight excluding hydrogens is 505 g/mol. The van der Waals surface area contributed by atoms with E-state index in [0.29, 0.717) is 27.2 Å². The molecule has 10 heteroatoms. The quantitative estimate of drug-likeness (QED) is 0.306. The first-order chi connectivity index (χ1) is 17.5. The number of nitrogens with one attached hydrogen (secondary N) is 1. The van der Waals surface area contributed by atoms with Gasteiger partial charge in [0.25, 0.3) is 0 Å². The van der Waals surface area contributed by atoms with Crippen molar-refractivity contribution >= 4 is 34.3 Å². The summed E-state index contributed by atoms with van der Waals surface area (Å²) in [5.74, 6) is -0.464. The highest BCUT2D eigenvalue weighted by Gasteiger charge is 2.30. The van der Waals surface area contributed by atoms with E-state index in [2.05, 4.69) is 0 Å². The molecule has 4 aromatic rings. The summed E-state index contributed by atoms with van der Waals surface area (Å²) >= 11 is 5.91. The highest BCUT2D eigenvalue weighted by Crippen LogP contribution is 2.29. The Morgan fingerprint density at radius 3 is 2.24 bits per heavy atom. The molecule has 0 spiro atoms. The molecule has 6 nitrogen and oxygen atoms in total. The molecule has 0 aliphatic heterocycles. The minimum absolute atomic E-state index is 0.0263. The molecule has 3 aromatic carbocycles. The molecule has 0 aliphatic rings. The summed E-state index contributed by atoms with van der Waals surface area (Å²) in [5.41, 5.74) is 1.53. The van der Waals surface area contributed by atoms with Crippen LogP contribution in [0.4, 0.5) is 13.2 Å². The molecule has 1 aromatic heterocycles. The van der Waals surface area contributed by atoms with E-state index >= 15 is 0 Å². The lowest BCUT2D eigenvalue weighted by Gasteiger charge is -2.18. The number of aromatic nitrogens is 2. The van der Waals surface area contributed by atoms with Crippen LogP contribution in [0, 0.1) is 5.41 Å². The van der Waals surface area contributed by atoms with Crippen LogP contribution in [-0.2, 0) is 30.6 Å². The average Bonchev–Trinajstić information content (AvgIpc) is 3.13. The van der Waals surface area contributed by atoms with Crippen molar-refractivity contribution in [3.63, 3.8) is 0 Å². The van der Waals surface area contributed by atoms with Crippen LogP contribution in [0.1, 0.15) is 27.9 Å². The minimum Gasteiger partial charge on any atom is -0.341 e. The fraction of sp³-hybridized carbons (Fsp3) is 0.222. The first kappa shape index (κ1) is 26.2. The topological polar surface area (TPSA) is 71.1 Å². The van der Waals surface area contributed by atoms with Crippen LogP contribution in [0.3, 0.4) is 0 Å². The second-order valence-electron chi connectivity index (χ2n) is 8.68. The number of carbonyl (C=O) groups is 2. The smallest absolute Gasteiger partial charge is 0.341 e. The van der Waals surface area contributed by atoms with Crippen molar-refractivity contribution in [1.29, 1.82) is 5.41 Å². The van der Waals surface area contributed by atoms with Crippen molar-refractivity contribution in [2.45, 2.75) is 32.2 Å². The fourth-order valence-corrected chi connectivity index (χ4v) is 4.28. The number of carbonyl (C=O) groups excluding carboxylic acids is 2. The van der Waals surface area contributed by atoms with Crippen molar-refractivity contribution in [3.8, 4) is 0 Å². The maximum absolute atomic E-state index is 13.0. The molecule has 192 valence electrons. The van der Waals surface area contributed by atoms with E-state index in [0.717, 1.165) is 12.1 Å². The summed E-state index contributed by atoms with van der Waals surface area (Å²) in [4.78, 5) is 27.0. The third kappa shape index (κ3) is 5.94. The monoisotopic (exact) mass is 528 g/mol. The molecule has 0 aliphatic carbocycles. The zero-order valence-corrected chi connectivity index (χ0v) is 20.7. The van der Waals surface area contributed by atoms with Crippen molar-refractivity contribution < 1.29 is 22.8 Å². The number of rotatable bonds is 8. The SMILES string of the molecule is CN(Cc1cccc(C(F)(F)F)c1)C(=O)CCn1c(=N)n(CC(=O)c2ccc(Cl)cc2)c2ccccc21. The van der Waals surface area contributed by atoms with Gasteiger partial charge in [-0.25, -0.2) is 0 Å². The first-order valence-corrected chi connectivity index (χ1v) is 11.8. The Kier molecular flexibility index (Phi) is 7.54. The number of aryl methyl sites for hydroxylation is 1. The summed E-state index contributed by atoms with van der Waals surface area (Å²) in [6, 6.07) is 18.6. The zero-order chi connectivity index (χ0) is 26.7. The highest BCUT2D eigenvalue weighted by molar-refractivity contribution is 6.30. The third-order valence-electron chi connectivity index (χ3n) is 6.09. The standard InChI is InChI=1S/C27H24ClF3N4O2/c1-33(16-18-5-4-6-20(15-18)27(29,30)31)25(37)13-14-34-22-7-2-3-8-23(22)35(26(34)32)17-24(36)19-9-11-21(28)12-10-19/h2-12,15,32H,13-14,16-17H2,1H3. The predicted octanol–water partition coefficient (Wildman–Crippen LogP) is 5.53. The maximum atomic E-state index is 13.0. The Hall–Kier alpha value is -3.85. The molecular formula is C27H24ClF3N4O2. The lowest BCUT2D eigenvalue weighted by molar-refractivity contribution is -0.137. The lowest BCUT2D eigenvalue weighted by Crippen LogP contribution is -2.31. The number of fused-ring (bicyclic) bond motifs is 1. The van der Waals surface area contributed by atoms with E-state index in [9.17, 15) is 22.8 Å². The second-order valence-corrected chi connectivity index (χ2v) is 9.11. The molecule has 0 bridgehead atoms. The Morgan fingerprint density at radius 1 is 0.946 bits per heavy atom. The summed E-state index contributed by atoms with van der Waals surface area (Å²) in [7, 11) is 1.53. The number of benzene rings is 3. The Bertz CT molecular complexity index is 1510. The normalized spacial score (nSPS) is 11.6. The van der Waals surface area contributed by atoms with Crippen LogP contribution in [-0.4, -0.2) is 32.8 Å². The number of nitrogens with zero attached hydrogens (tertiary/aromatic N) is 3. The fourth-order valence-electron chi connectivity index (χ4n) is 4.16. The van der Waals surface area contributed by atoms with Crippen molar-refractivity contribution in [2.75, 3.05) is 7.05 Å². The van der Waals surface area contributed by atoms with Crippen molar-refractivity contribution in [2.24, 2.45) is 0 Å². The molecule has 1 heterocycles. The lowest BCUT2D eigenvalue weighted by atomic mass is 10.1. The molecule has 0 atom stereocenters. The molecule has 4 rings (SSSR count). The summed E-state index contributed by atoms with van der Waals surface area (Å²) in [5, 5.41) is 9.22. The van der Waals surface area contributed by atoms with Crippen molar-refractivity contribution in [3.05, 3.63) is 100 Å². The molecule has 0 unspecified atom stereocenters. The van der Waals surface area contributed by atoms with E-state index in [1.807, 2.05) is 18.2 Å². The van der Waals surface area contributed by atoms with Gasteiger partial charge >= 0.3 is 6.18 Å².